The van der Waals surface area contributed by atoms with Gasteiger partial charge in [0.2, 0.25) is 5.89 Å². The molecule has 0 fully saturated rings. The average Bonchev–Trinajstić information content (AvgIpc) is 3.51. The zero-order valence-corrected chi connectivity index (χ0v) is 27.8. The number of hydrogen-bond acceptors (Lipinski definition) is 3. The number of rotatable bonds is 7. The Morgan fingerprint density at radius 1 is 0.702 bits per heavy atom. The number of aromatic nitrogens is 1. The summed E-state index contributed by atoms with van der Waals surface area (Å²) in [6, 6.07) is 44.9. The molecule has 0 atom stereocenters. The van der Waals surface area contributed by atoms with Crippen molar-refractivity contribution in [2.75, 3.05) is 0 Å². The maximum absolute atomic E-state index is 6.60. The van der Waals surface area contributed by atoms with E-state index in [4.69, 9.17) is 14.4 Å². The van der Waals surface area contributed by atoms with Crippen molar-refractivity contribution in [1.82, 2.24) is 4.98 Å². The van der Waals surface area contributed by atoms with E-state index >= 15 is 0 Å². The molecule has 0 aliphatic carbocycles. The maximum atomic E-state index is 6.60. The van der Waals surface area contributed by atoms with Gasteiger partial charge in [-0.25, -0.2) is 4.98 Å². The first-order chi connectivity index (χ1) is 22.7. The number of nitrogens with zero attached hydrogens (tertiary/aromatic N) is 2. The molecule has 1 heterocycles. The fourth-order valence-corrected chi connectivity index (χ4v) is 6.28. The van der Waals surface area contributed by atoms with E-state index < -0.39 is 0 Å². The topological polar surface area (TPSA) is 38.4 Å². The van der Waals surface area contributed by atoms with Gasteiger partial charge in [-0.15, -0.1) is 0 Å². The summed E-state index contributed by atoms with van der Waals surface area (Å²) in [5.41, 5.74) is 11.5. The van der Waals surface area contributed by atoms with Crippen LogP contribution < -0.4 is 0 Å². The van der Waals surface area contributed by atoms with Crippen LogP contribution >= 0.6 is 0 Å². The van der Waals surface area contributed by atoms with Crippen molar-refractivity contribution in [1.29, 1.82) is 0 Å². The molecule has 0 saturated heterocycles. The van der Waals surface area contributed by atoms with E-state index in [1.165, 1.54) is 33.0 Å². The van der Waals surface area contributed by atoms with Gasteiger partial charge in [0.05, 0.1) is 11.3 Å². The molecule has 0 aliphatic rings. The standard InChI is InChI=1S/C44H40N2O/c1-29(2)23-30-13-10-16-32(24-30)33-17-12-18-34(25-33)39-26-36(44(3,4)5)27-41-42(39)46-43(47-41)38-21-8-9-22-40(38)45-28-35-19-11-15-31-14-6-7-20-37(31)35/h6-22,24-29H,23H2,1-5H3. The van der Waals surface area contributed by atoms with Gasteiger partial charge >= 0.3 is 0 Å². The lowest BCUT2D eigenvalue weighted by atomic mass is 9.84. The molecule has 0 spiro atoms. The van der Waals surface area contributed by atoms with Gasteiger partial charge in [-0.2, -0.15) is 0 Å². The quantitative estimate of drug-likeness (QED) is 0.168. The Balaban J connectivity index is 1.33. The fraction of sp³-hybridized carbons (Fsp3) is 0.182. The third-order valence-electron chi connectivity index (χ3n) is 8.74. The molecule has 3 nitrogen and oxygen atoms in total. The number of hydrogen-bond donors (Lipinski definition) is 0. The van der Waals surface area contributed by atoms with Crippen molar-refractivity contribution >= 4 is 33.8 Å². The van der Waals surface area contributed by atoms with Gasteiger partial charge in [0.1, 0.15) is 5.52 Å². The Morgan fingerprint density at radius 3 is 2.23 bits per heavy atom. The summed E-state index contributed by atoms with van der Waals surface area (Å²) in [6.45, 7) is 11.3. The number of para-hydroxylation sites is 1. The second-order valence-corrected chi connectivity index (χ2v) is 13.9. The molecule has 7 aromatic rings. The van der Waals surface area contributed by atoms with Gasteiger partial charge in [0.15, 0.2) is 5.58 Å². The van der Waals surface area contributed by atoms with Crippen molar-refractivity contribution < 1.29 is 4.42 Å². The van der Waals surface area contributed by atoms with E-state index in [1.807, 2.05) is 30.5 Å². The minimum atomic E-state index is -0.0701. The van der Waals surface area contributed by atoms with Gasteiger partial charge in [0, 0.05) is 17.3 Å². The largest absolute Gasteiger partial charge is 0.436 e. The van der Waals surface area contributed by atoms with Crippen LogP contribution in [-0.2, 0) is 11.8 Å². The van der Waals surface area contributed by atoms with Crippen LogP contribution in [-0.4, -0.2) is 11.2 Å². The lowest BCUT2D eigenvalue weighted by Gasteiger charge is -2.20. The van der Waals surface area contributed by atoms with E-state index in [-0.39, 0.29) is 5.41 Å². The monoisotopic (exact) mass is 612 g/mol. The van der Waals surface area contributed by atoms with Crippen LogP contribution in [0.1, 0.15) is 51.3 Å². The SMILES string of the molecule is CC(C)Cc1cccc(-c2cccc(-c3cc(C(C)(C)C)cc4oc(-c5ccccc5N=Cc5cccc6ccccc56)nc34)c2)c1. The Labute approximate surface area is 277 Å². The maximum Gasteiger partial charge on any atom is 0.229 e. The molecule has 1 aromatic heterocycles. The molecule has 0 amide bonds. The third kappa shape index (κ3) is 6.39. The molecule has 232 valence electrons. The molecule has 7 rings (SSSR count). The highest BCUT2D eigenvalue weighted by Gasteiger charge is 2.21. The number of fused-ring (bicyclic) bond motifs is 2. The summed E-state index contributed by atoms with van der Waals surface area (Å²) in [7, 11) is 0. The van der Waals surface area contributed by atoms with Gasteiger partial charge < -0.3 is 4.42 Å². The van der Waals surface area contributed by atoms with Crippen LogP contribution in [0, 0.1) is 5.92 Å². The molecule has 6 aromatic carbocycles. The first-order valence-corrected chi connectivity index (χ1v) is 16.5. The predicted molar refractivity (Wildman–Crippen MR) is 199 cm³/mol. The van der Waals surface area contributed by atoms with Crippen LogP contribution in [0.25, 0.3) is 55.6 Å². The minimum absolute atomic E-state index is 0.0701. The molecule has 0 saturated carbocycles. The van der Waals surface area contributed by atoms with Crippen LogP contribution in [0.5, 0.6) is 0 Å². The van der Waals surface area contributed by atoms with Crippen LogP contribution in [0.15, 0.2) is 137 Å². The van der Waals surface area contributed by atoms with Gasteiger partial charge in [0.25, 0.3) is 0 Å². The normalized spacial score (nSPS) is 12.1. The van der Waals surface area contributed by atoms with E-state index in [0.717, 1.165) is 45.5 Å². The third-order valence-corrected chi connectivity index (χ3v) is 8.74. The van der Waals surface area contributed by atoms with Crippen molar-refractivity contribution in [2.24, 2.45) is 10.9 Å². The Bertz CT molecular complexity index is 2240. The first kappa shape index (κ1) is 30.4. The molecule has 0 unspecified atom stereocenters. The second-order valence-electron chi connectivity index (χ2n) is 13.9. The van der Waals surface area contributed by atoms with Gasteiger partial charge in [-0.05, 0) is 86.7 Å². The summed E-state index contributed by atoms with van der Waals surface area (Å²) in [5, 5.41) is 2.37. The summed E-state index contributed by atoms with van der Waals surface area (Å²) < 4.78 is 6.60. The summed E-state index contributed by atoms with van der Waals surface area (Å²) >= 11 is 0. The van der Waals surface area contributed by atoms with E-state index in [1.54, 1.807) is 0 Å². The Kier molecular flexibility index (Phi) is 8.07. The average molecular weight is 613 g/mol. The predicted octanol–water partition coefficient (Wildman–Crippen LogP) is 12.2. The van der Waals surface area contributed by atoms with Crippen molar-refractivity contribution in [3.63, 3.8) is 0 Å². The molecule has 0 radical (unpaired) electrons. The smallest absolute Gasteiger partial charge is 0.229 e. The second kappa shape index (κ2) is 12.5. The van der Waals surface area contributed by atoms with E-state index in [9.17, 15) is 0 Å². The summed E-state index contributed by atoms with van der Waals surface area (Å²) in [5.74, 6) is 1.18. The van der Waals surface area contributed by atoms with Crippen molar-refractivity contribution in [2.45, 2.75) is 46.5 Å². The lowest BCUT2D eigenvalue weighted by Crippen LogP contribution is -2.11. The van der Waals surface area contributed by atoms with Crippen molar-refractivity contribution in [3.05, 3.63) is 144 Å². The molecule has 0 N–H and O–H groups in total. The number of oxazole rings is 1. The van der Waals surface area contributed by atoms with E-state index in [2.05, 4.69) is 138 Å². The fourth-order valence-electron chi connectivity index (χ4n) is 6.28. The highest BCUT2D eigenvalue weighted by Crippen LogP contribution is 2.39. The van der Waals surface area contributed by atoms with Gasteiger partial charge in [-0.1, -0.05) is 132 Å². The summed E-state index contributed by atoms with van der Waals surface area (Å²) in [4.78, 5) is 10.1. The molecule has 0 aliphatic heterocycles. The lowest BCUT2D eigenvalue weighted by molar-refractivity contribution is 0.584. The Hall–Kier alpha value is -5.28. The minimum Gasteiger partial charge on any atom is -0.436 e. The van der Waals surface area contributed by atoms with Crippen LogP contribution in [0.3, 0.4) is 0 Å². The molecule has 0 bridgehead atoms. The van der Waals surface area contributed by atoms with Crippen molar-refractivity contribution in [3.8, 4) is 33.7 Å². The van der Waals surface area contributed by atoms with Crippen LogP contribution in [0.4, 0.5) is 5.69 Å². The molecular formula is C44H40N2O. The number of aliphatic imine (C=N–C) groups is 1. The first-order valence-electron chi connectivity index (χ1n) is 16.5. The highest BCUT2D eigenvalue weighted by atomic mass is 16.3. The molecule has 47 heavy (non-hydrogen) atoms. The zero-order chi connectivity index (χ0) is 32.5. The molecular weight excluding hydrogens is 572 g/mol. The summed E-state index contributed by atoms with van der Waals surface area (Å²) in [6.07, 6.45) is 3.01. The number of benzene rings is 6. The van der Waals surface area contributed by atoms with Gasteiger partial charge in [-0.3, -0.25) is 4.99 Å². The molecule has 3 heteroatoms. The van der Waals surface area contributed by atoms with Crippen LogP contribution in [0.2, 0.25) is 0 Å². The highest BCUT2D eigenvalue weighted by molar-refractivity contribution is 6.01. The zero-order valence-electron chi connectivity index (χ0n) is 27.8. The Morgan fingerprint density at radius 2 is 1.40 bits per heavy atom. The van der Waals surface area contributed by atoms with E-state index in [0.29, 0.717) is 11.8 Å².